The van der Waals surface area contributed by atoms with Crippen LogP contribution >= 0.6 is 45.2 Å². The minimum Gasteiger partial charge on any atom is -0.506 e. The van der Waals surface area contributed by atoms with Crippen molar-refractivity contribution in [1.82, 2.24) is 5.43 Å². The molecule has 0 aliphatic carbocycles. The van der Waals surface area contributed by atoms with E-state index in [-0.39, 0.29) is 11.7 Å². The topological polar surface area (TPSA) is 90.8 Å². The molecule has 3 aromatic rings. The van der Waals surface area contributed by atoms with Gasteiger partial charge >= 0.3 is 0 Å². The number of anilines is 1. The molecule has 152 valence electrons. The first-order valence-electron chi connectivity index (χ1n) is 8.83. The fourth-order valence-corrected chi connectivity index (χ4v) is 4.45. The predicted molar refractivity (Wildman–Crippen MR) is 134 cm³/mol. The lowest BCUT2D eigenvalue weighted by atomic mass is 10.1. The van der Waals surface area contributed by atoms with Crippen LogP contribution in [-0.2, 0) is 0 Å². The van der Waals surface area contributed by atoms with Gasteiger partial charge in [0.1, 0.15) is 5.75 Å². The molecule has 2 amide bonds. The molecule has 0 spiro atoms. The number of benzene rings is 3. The van der Waals surface area contributed by atoms with Crippen LogP contribution in [0.1, 0.15) is 31.8 Å². The van der Waals surface area contributed by atoms with Crippen molar-refractivity contribution < 1.29 is 14.7 Å². The summed E-state index contributed by atoms with van der Waals surface area (Å²) in [4.78, 5) is 24.8. The molecule has 0 atom stereocenters. The number of halogens is 2. The van der Waals surface area contributed by atoms with E-state index in [9.17, 15) is 14.7 Å². The molecule has 30 heavy (non-hydrogen) atoms. The van der Waals surface area contributed by atoms with Gasteiger partial charge in [0.2, 0.25) is 0 Å². The van der Waals surface area contributed by atoms with E-state index in [1.165, 1.54) is 6.21 Å². The maximum Gasteiger partial charge on any atom is 0.271 e. The summed E-state index contributed by atoms with van der Waals surface area (Å²) >= 11 is 4.17. The van der Waals surface area contributed by atoms with Crippen molar-refractivity contribution >= 4 is 68.9 Å². The fourth-order valence-electron chi connectivity index (χ4n) is 2.56. The molecular formula is C22H17I2N3O3. The lowest BCUT2D eigenvalue weighted by molar-refractivity contribution is 0.0953. The van der Waals surface area contributed by atoms with Crippen molar-refractivity contribution in [3.8, 4) is 5.75 Å². The number of hydrazone groups is 1. The first-order valence-corrected chi connectivity index (χ1v) is 11.0. The number of hydrogen-bond donors (Lipinski definition) is 3. The van der Waals surface area contributed by atoms with E-state index in [4.69, 9.17) is 0 Å². The van der Waals surface area contributed by atoms with Crippen LogP contribution in [0, 0.1) is 14.1 Å². The summed E-state index contributed by atoms with van der Waals surface area (Å²) in [6.07, 6.45) is 1.39. The van der Waals surface area contributed by atoms with E-state index in [1.54, 1.807) is 42.5 Å². The highest BCUT2D eigenvalue weighted by molar-refractivity contribution is 14.1. The Balaban J connectivity index is 1.67. The second-order valence-corrected chi connectivity index (χ2v) is 8.83. The number of carbonyl (C=O) groups is 2. The van der Waals surface area contributed by atoms with Crippen LogP contribution in [0.5, 0.6) is 5.75 Å². The molecule has 0 bridgehead atoms. The largest absolute Gasteiger partial charge is 0.506 e. The average molecular weight is 625 g/mol. The van der Waals surface area contributed by atoms with Crippen molar-refractivity contribution in [3.63, 3.8) is 0 Å². The van der Waals surface area contributed by atoms with Gasteiger partial charge in [0, 0.05) is 25.9 Å². The van der Waals surface area contributed by atoms with Crippen molar-refractivity contribution in [2.75, 3.05) is 5.32 Å². The van der Waals surface area contributed by atoms with Gasteiger partial charge in [-0.3, -0.25) is 9.59 Å². The number of hydrogen-bond acceptors (Lipinski definition) is 4. The number of carbonyl (C=O) groups excluding carboxylic acids is 2. The summed E-state index contributed by atoms with van der Waals surface area (Å²) in [6, 6.07) is 17.4. The second-order valence-electron chi connectivity index (χ2n) is 6.43. The minimum atomic E-state index is -0.433. The molecule has 0 aromatic heterocycles. The van der Waals surface area contributed by atoms with E-state index < -0.39 is 5.91 Å². The van der Waals surface area contributed by atoms with Gasteiger partial charge in [-0.2, -0.15) is 5.10 Å². The molecule has 0 aliphatic heterocycles. The van der Waals surface area contributed by atoms with Crippen LogP contribution in [0.15, 0.2) is 65.8 Å². The normalized spacial score (nSPS) is 10.8. The van der Waals surface area contributed by atoms with Crippen LogP contribution in [0.3, 0.4) is 0 Å². The molecule has 6 nitrogen and oxygen atoms in total. The Hall–Kier alpha value is -2.47. The molecule has 0 radical (unpaired) electrons. The lowest BCUT2D eigenvalue weighted by Crippen LogP contribution is -2.18. The van der Waals surface area contributed by atoms with E-state index in [0.717, 1.165) is 9.13 Å². The molecule has 3 N–H and O–H groups in total. The average Bonchev–Trinajstić information content (AvgIpc) is 2.72. The first kappa shape index (κ1) is 22.2. The predicted octanol–water partition coefficient (Wildman–Crippen LogP) is 4.93. The molecule has 3 aromatic carbocycles. The molecule has 8 heteroatoms. The third-order valence-corrected chi connectivity index (χ3v) is 5.57. The number of phenols is 1. The highest BCUT2D eigenvalue weighted by atomic mass is 127. The fraction of sp³-hybridized carbons (Fsp3) is 0.0455. The minimum absolute atomic E-state index is 0.106. The van der Waals surface area contributed by atoms with Gasteiger partial charge in [0.25, 0.3) is 11.8 Å². The number of aryl methyl sites for hydroxylation is 1. The van der Waals surface area contributed by atoms with Gasteiger partial charge in [0.05, 0.1) is 9.78 Å². The van der Waals surface area contributed by atoms with Crippen LogP contribution in [-0.4, -0.2) is 23.1 Å². The van der Waals surface area contributed by atoms with Crippen molar-refractivity contribution in [2.45, 2.75) is 6.92 Å². The van der Waals surface area contributed by atoms with Crippen molar-refractivity contribution in [2.24, 2.45) is 5.10 Å². The number of phenolic OH excluding ortho intramolecular Hbond substituents is 1. The maximum atomic E-state index is 12.4. The second kappa shape index (κ2) is 10.0. The molecule has 0 fully saturated rings. The van der Waals surface area contributed by atoms with E-state index in [1.807, 2.05) is 47.7 Å². The number of nitrogens with one attached hydrogen (secondary N) is 2. The Morgan fingerprint density at radius 3 is 2.43 bits per heavy atom. The van der Waals surface area contributed by atoms with Gasteiger partial charge in [-0.15, -0.1) is 0 Å². The van der Waals surface area contributed by atoms with E-state index in [2.05, 4.69) is 38.4 Å². The summed E-state index contributed by atoms with van der Waals surface area (Å²) < 4.78 is 1.64. The van der Waals surface area contributed by atoms with Gasteiger partial charge in [-0.05, 0) is 94.6 Å². The molecule has 0 unspecified atom stereocenters. The number of amides is 2. The van der Waals surface area contributed by atoms with Crippen LogP contribution in [0.4, 0.5) is 5.69 Å². The number of rotatable bonds is 5. The molecule has 0 heterocycles. The quantitative estimate of drug-likeness (QED) is 0.214. The number of nitrogens with zero attached hydrogens (tertiary/aromatic N) is 1. The summed E-state index contributed by atoms with van der Waals surface area (Å²) in [5.41, 5.74) is 5.39. The Morgan fingerprint density at radius 2 is 1.70 bits per heavy atom. The lowest BCUT2D eigenvalue weighted by Gasteiger charge is -2.07. The third kappa shape index (κ3) is 5.79. The molecule has 0 saturated heterocycles. The maximum absolute atomic E-state index is 12.4. The zero-order chi connectivity index (χ0) is 21.7. The van der Waals surface area contributed by atoms with Crippen LogP contribution < -0.4 is 10.7 Å². The van der Waals surface area contributed by atoms with Gasteiger partial charge in [-0.1, -0.05) is 23.8 Å². The standard InChI is InChI=1S/C22H17I2N3O3/c1-13-5-7-14(8-6-13)21(29)26-18-4-2-3-15(10-18)22(30)27-25-12-16-9-17(23)11-19(24)20(16)28/h2-12,28H,1H3,(H,26,29)(H,27,30). The van der Waals surface area contributed by atoms with Gasteiger partial charge in [0.15, 0.2) is 0 Å². The summed E-state index contributed by atoms with van der Waals surface area (Å²) in [5, 5.41) is 16.8. The third-order valence-electron chi connectivity index (χ3n) is 4.12. The molecular weight excluding hydrogens is 608 g/mol. The number of aromatic hydroxyl groups is 1. The molecule has 3 rings (SSSR count). The summed E-state index contributed by atoms with van der Waals surface area (Å²) in [6.45, 7) is 1.95. The van der Waals surface area contributed by atoms with Gasteiger partial charge < -0.3 is 10.4 Å². The zero-order valence-corrected chi connectivity index (χ0v) is 20.1. The van der Waals surface area contributed by atoms with E-state index >= 15 is 0 Å². The highest BCUT2D eigenvalue weighted by Crippen LogP contribution is 2.25. The summed E-state index contributed by atoms with van der Waals surface area (Å²) in [7, 11) is 0. The zero-order valence-electron chi connectivity index (χ0n) is 15.8. The van der Waals surface area contributed by atoms with Crippen molar-refractivity contribution in [1.29, 1.82) is 0 Å². The monoisotopic (exact) mass is 625 g/mol. The van der Waals surface area contributed by atoms with Crippen LogP contribution in [0.25, 0.3) is 0 Å². The Bertz CT molecular complexity index is 1130. The highest BCUT2D eigenvalue weighted by Gasteiger charge is 2.10. The van der Waals surface area contributed by atoms with Gasteiger partial charge in [-0.25, -0.2) is 5.43 Å². The SMILES string of the molecule is Cc1ccc(C(=O)Nc2cccc(C(=O)NN=Cc3cc(I)cc(I)c3O)c2)cc1. The Morgan fingerprint density at radius 1 is 0.967 bits per heavy atom. The Labute approximate surface area is 201 Å². The molecule has 0 aliphatic rings. The van der Waals surface area contributed by atoms with Crippen LogP contribution in [0.2, 0.25) is 0 Å². The summed E-state index contributed by atoms with van der Waals surface area (Å²) in [5.74, 6) is -0.582. The van der Waals surface area contributed by atoms with Crippen molar-refractivity contribution in [3.05, 3.63) is 90.1 Å². The smallest absolute Gasteiger partial charge is 0.271 e. The first-order chi connectivity index (χ1) is 14.3. The van der Waals surface area contributed by atoms with E-state index in [0.29, 0.717) is 25.9 Å². The Kier molecular flexibility index (Phi) is 7.43. The molecule has 0 saturated carbocycles.